The van der Waals surface area contributed by atoms with E-state index in [1.807, 2.05) is 39.5 Å². The summed E-state index contributed by atoms with van der Waals surface area (Å²) in [5, 5.41) is 0.323. The molecular formula is C12H20O4S. The van der Waals surface area contributed by atoms with Crippen LogP contribution >= 0.6 is 11.8 Å². The molecule has 3 aliphatic rings. The Labute approximate surface area is 106 Å². The maximum Gasteiger partial charge on any atom is 0.163 e. The van der Waals surface area contributed by atoms with Crippen molar-refractivity contribution in [3.63, 3.8) is 0 Å². The van der Waals surface area contributed by atoms with E-state index in [4.69, 9.17) is 18.9 Å². The van der Waals surface area contributed by atoms with Gasteiger partial charge in [-0.1, -0.05) is 0 Å². The monoisotopic (exact) mass is 260 g/mol. The lowest BCUT2D eigenvalue weighted by Gasteiger charge is -2.25. The summed E-state index contributed by atoms with van der Waals surface area (Å²) in [5.41, 5.74) is 0. The van der Waals surface area contributed by atoms with Crippen molar-refractivity contribution in [3.8, 4) is 0 Å². The third-order valence-electron chi connectivity index (χ3n) is 3.40. The van der Waals surface area contributed by atoms with Gasteiger partial charge in [-0.2, -0.15) is 11.8 Å². The van der Waals surface area contributed by atoms with Crippen molar-refractivity contribution in [2.24, 2.45) is 0 Å². The quantitative estimate of drug-likeness (QED) is 0.718. The van der Waals surface area contributed by atoms with Crippen molar-refractivity contribution in [1.82, 2.24) is 0 Å². The Balaban J connectivity index is 1.70. The van der Waals surface area contributed by atoms with Gasteiger partial charge in [0.2, 0.25) is 0 Å². The van der Waals surface area contributed by atoms with Crippen LogP contribution < -0.4 is 0 Å². The minimum absolute atomic E-state index is 0.113. The van der Waals surface area contributed by atoms with Crippen molar-refractivity contribution in [3.05, 3.63) is 0 Å². The summed E-state index contributed by atoms with van der Waals surface area (Å²) < 4.78 is 23.4. The minimum Gasteiger partial charge on any atom is -0.348 e. The van der Waals surface area contributed by atoms with E-state index < -0.39 is 11.6 Å². The van der Waals surface area contributed by atoms with Gasteiger partial charge in [0.25, 0.3) is 0 Å². The molecule has 0 amide bonds. The van der Waals surface area contributed by atoms with Gasteiger partial charge in [0.15, 0.2) is 11.6 Å². The predicted octanol–water partition coefficient (Wildman–Crippen LogP) is 1.77. The van der Waals surface area contributed by atoms with E-state index >= 15 is 0 Å². The fraction of sp³-hybridized carbons (Fsp3) is 1.00. The van der Waals surface area contributed by atoms with Crippen LogP contribution in [0.3, 0.4) is 0 Å². The van der Waals surface area contributed by atoms with Crippen LogP contribution in [-0.4, -0.2) is 47.5 Å². The number of hydrogen-bond acceptors (Lipinski definition) is 5. The summed E-state index contributed by atoms with van der Waals surface area (Å²) in [6.07, 6.45) is 0.451. The highest BCUT2D eigenvalue weighted by Crippen LogP contribution is 2.44. The molecule has 0 aromatic carbocycles. The van der Waals surface area contributed by atoms with E-state index in [0.29, 0.717) is 11.9 Å². The highest BCUT2D eigenvalue weighted by atomic mass is 32.2. The third kappa shape index (κ3) is 2.24. The normalized spacial score (nSPS) is 47.3. The molecule has 0 aliphatic carbocycles. The zero-order valence-corrected chi connectivity index (χ0v) is 11.6. The largest absolute Gasteiger partial charge is 0.348 e. The topological polar surface area (TPSA) is 36.9 Å². The Bertz CT molecular complexity index is 318. The molecule has 2 unspecified atom stereocenters. The Kier molecular flexibility index (Phi) is 2.76. The first-order valence-electron chi connectivity index (χ1n) is 6.15. The summed E-state index contributed by atoms with van der Waals surface area (Å²) in [5.74, 6) is 0.0703. The molecular weight excluding hydrogens is 240 g/mol. The molecule has 0 spiro atoms. The van der Waals surface area contributed by atoms with E-state index in [-0.39, 0.29) is 18.3 Å². The molecule has 0 aromatic rings. The van der Waals surface area contributed by atoms with Crippen molar-refractivity contribution >= 4 is 11.8 Å². The number of ether oxygens (including phenoxy) is 4. The molecule has 3 rings (SSSR count). The van der Waals surface area contributed by atoms with E-state index in [9.17, 15) is 0 Å². The second-order valence-electron chi connectivity index (χ2n) is 5.80. The van der Waals surface area contributed by atoms with Crippen LogP contribution in [0.25, 0.3) is 0 Å². The first-order chi connectivity index (χ1) is 7.86. The number of hydrogen-bond donors (Lipinski definition) is 0. The molecule has 4 atom stereocenters. The molecule has 0 N–H and O–H groups in total. The van der Waals surface area contributed by atoms with Crippen LogP contribution in [0, 0.1) is 0 Å². The fourth-order valence-corrected chi connectivity index (χ4v) is 4.21. The standard InChI is InChI=1S/C12H20O4S/c1-11(2)13-5-7(14-11)10-9-8(6-17-10)15-12(3,4)16-9/h7-10H,5-6H2,1-4H3/t7?,8-,9?,10+/m0/s1. The van der Waals surface area contributed by atoms with Crippen molar-refractivity contribution in [2.45, 2.75) is 62.8 Å². The van der Waals surface area contributed by atoms with E-state index in [2.05, 4.69) is 0 Å². The number of thioether (sulfide) groups is 1. The SMILES string of the molecule is CC1(C)OCC([C@H]2SC[C@@H]3OC(C)(C)OC23)O1. The molecule has 0 saturated carbocycles. The molecule has 3 saturated heterocycles. The Morgan fingerprint density at radius 1 is 0.941 bits per heavy atom. The van der Waals surface area contributed by atoms with E-state index in [1.54, 1.807) is 0 Å². The molecule has 3 fully saturated rings. The van der Waals surface area contributed by atoms with E-state index in [1.165, 1.54) is 0 Å². The molecule has 0 radical (unpaired) electrons. The number of rotatable bonds is 1. The van der Waals surface area contributed by atoms with Gasteiger partial charge in [0.1, 0.15) is 6.10 Å². The smallest absolute Gasteiger partial charge is 0.163 e. The van der Waals surface area contributed by atoms with Gasteiger partial charge in [-0.25, -0.2) is 0 Å². The maximum absolute atomic E-state index is 5.99. The average Bonchev–Trinajstić information content (AvgIpc) is 2.77. The highest BCUT2D eigenvalue weighted by molar-refractivity contribution is 8.00. The lowest BCUT2D eigenvalue weighted by atomic mass is 10.1. The lowest BCUT2D eigenvalue weighted by Crippen LogP contribution is -2.38. The van der Waals surface area contributed by atoms with Crippen LogP contribution in [0.2, 0.25) is 0 Å². The first kappa shape index (κ1) is 12.2. The summed E-state index contributed by atoms with van der Waals surface area (Å²) in [7, 11) is 0. The van der Waals surface area contributed by atoms with Gasteiger partial charge in [-0.05, 0) is 27.7 Å². The fourth-order valence-electron chi connectivity index (χ4n) is 2.77. The molecule has 17 heavy (non-hydrogen) atoms. The summed E-state index contributed by atoms with van der Waals surface area (Å²) >= 11 is 1.88. The van der Waals surface area contributed by atoms with Crippen molar-refractivity contribution < 1.29 is 18.9 Å². The molecule has 5 heteroatoms. The van der Waals surface area contributed by atoms with Gasteiger partial charge in [-0.3, -0.25) is 0 Å². The second kappa shape index (κ2) is 3.84. The Morgan fingerprint density at radius 3 is 2.29 bits per heavy atom. The van der Waals surface area contributed by atoms with Gasteiger partial charge in [0.05, 0.1) is 24.1 Å². The minimum atomic E-state index is -0.460. The molecule has 4 nitrogen and oxygen atoms in total. The maximum atomic E-state index is 5.99. The summed E-state index contributed by atoms with van der Waals surface area (Å²) in [6.45, 7) is 8.52. The summed E-state index contributed by atoms with van der Waals surface area (Å²) in [4.78, 5) is 0. The molecule has 3 heterocycles. The Morgan fingerprint density at radius 2 is 1.65 bits per heavy atom. The highest BCUT2D eigenvalue weighted by Gasteiger charge is 2.54. The van der Waals surface area contributed by atoms with Crippen LogP contribution in [0.15, 0.2) is 0 Å². The molecule has 3 aliphatic heterocycles. The van der Waals surface area contributed by atoms with Crippen LogP contribution in [0.5, 0.6) is 0 Å². The van der Waals surface area contributed by atoms with Crippen LogP contribution in [-0.2, 0) is 18.9 Å². The predicted molar refractivity (Wildman–Crippen MR) is 65.0 cm³/mol. The van der Waals surface area contributed by atoms with Crippen LogP contribution in [0.4, 0.5) is 0 Å². The Hall–Kier alpha value is 0.190. The summed E-state index contributed by atoms with van der Waals surface area (Å²) in [6, 6.07) is 0. The van der Waals surface area contributed by atoms with Gasteiger partial charge in [-0.15, -0.1) is 0 Å². The average molecular weight is 260 g/mol. The first-order valence-corrected chi connectivity index (χ1v) is 7.20. The van der Waals surface area contributed by atoms with Gasteiger partial charge < -0.3 is 18.9 Å². The van der Waals surface area contributed by atoms with Gasteiger partial charge >= 0.3 is 0 Å². The zero-order valence-electron chi connectivity index (χ0n) is 10.8. The van der Waals surface area contributed by atoms with Crippen molar-refractivity contribution in [2.75, 3.05) is 12.4 Å². The third-order valence-corrected chi connectivity index (χ3v) is 4.87. The molecule has 98 valence electrons. The number of fused-ring (bicyclic) bond motifs is 1. The van der Waals surface area contributed by atoms with Crippen LogP contribution in [0.1, 0.15) is 27.7 Å². The second-order valence-corrected chi connectivity index (χ2v) is 7.01. The zero-order chi connectivity index (χ0) is 12.3. The van der Waals surface area contributed by atoms with Gasteiger partial charge in [0, 0.05) is 5.75 Å². The van der Waals surface area contributed by atoms with Crippen molar-refractivity contribution in [1.29, 1.82) is 0 Å². The molecule has 0 bridgehead atoms. The lowest BCUT2D eigenvalue weighted by molar-refractivity contribution is -0.154. The molecule has 0 aromatic heterocycles. The van der Waals surface area contributed by atoms with E-state index in [0.717, 1.165) is 5.75 Å².